The first-order chi connectivity index (χ1) is 13.0. The molecule has 10 nitrogen and oxygen atoms in total. The van der Waals surface area contributed by atoms with Crippen LogP contribution in [-0.2, 0) is 4.74 Å². The van der Waals surface area contributed by atoms with Crippen LogP contribution in [0.2, 0.25) is 0 Å². The number of aromatic nitrogens is 4. The monoisotopic (exact) mass is 376 g/mol. The Morgan fingerprint density at radius 2 is 2.04 bits per heavy atom. The molecular weight excluding hydrogens is 352 g/mol. The molecule has 0 aromatic carbocycles. The summed E-state index contributed by atoms with van der Waals surface area (Å²) < 4.78 is 7.11. The predicted molar refractivity (Wildman–Crippen MR) is 98.7 cm³/mol. The lowest BCUT2D eigenvalue weighted by molar-refractivity contribution is -0.0501. The standard InChI is InChI=1S/C17H24N6O4/c1-3-4-5-6-7-10-20-14(18)11-15(21-10)23(17(19-2)22-11)16-13(26)12(25)9(8-24)27-16/h9,12-13,16,24-26H,3-5,8H2,1-2H3,(H,19,22)(H2,18,20,21). The topological polar surface area (TPSA) is 152 Å². The maximum absolute atomic E-state index is 10.4. The van der Waals surface area contributed by atoms with Crippen LogP contribution in [0.25, 0.3) is 11.2 Å². The van der Waals surface area contributed by atoms with Gasteiger partial charge in [0.1, 0.15) is 18.3 Å². The number of anilines is 2. The van der Waals surface area contributed by atoms with E-state index in [1.54, 1.807) is 7.05 Å². The number of ether oxygens (including phenoxy) is 1. The minimum atomic E-state index is -1.28. The van der Waals surface area contributed by atoms with Gasteiger partial charge in [0.05, 0.1) is 6.61 Å². The summed E-state index contributed by atoms with van der Waals surface area (Å²) in [5, 5.41) is 32.7. The van der Waals surface area contributed by atoms with E-state index in [2.05, 4.69) is 39.0 Å². The van der Waals surface area contributed by atoms with E-state index in [0.29, 0.717) is 17.1 Å². The SMILES string of the molecule is CCCCC#Cc1nc(N)c2nc(NC)n(C3OC(CO)C(O)C3O)c2n1. The molecule has 27 heavy (non-hydrogen) atoms. The van der Waals surface area contributed by atoms with Gasteiger partial charge in [-0.05, 0) is 12.3 Å². The molecule has 4 atom stereocenters. The van der Waals surface area contributed by atoms with E-state index in [-0.39, 0.29) is 11.6 Å². The number of nitrogens with two attached hydrogens (primary N) is 1. The van der Waals surface area contributed by atoms with Crippen LogP contribution in [0.3, 0.4) is 0 Å². The summed E-state index contributed by atoms with van der Waals surface area (Å²) in [6.45, 7) is 1.66. The van der Waals surface area contributed by atoms with Crippen molar-refractivity contribution in [2.24, 2.45) is 0 Å². The highest BCUT2D eigenvalue weighted by molar-refractivity contribution is 5.84. The highest BCUT2D eigenvalue weighted by Crippen LogP contribution is 2.35. The fourth-order valence-electron chi connectivity index (χ4n) is 2.97. The maximum atomic E-state index is 10.4. The summed E-state index contributed by atoms with van der Waals surface area (Å²) in [4.78, 5) is 12.9. The van der Waals surface area contributed by atoms with Gasteiger partial charge in [0.15, 0.2) is 23.2 Å². The van der Waals surface area contributed by atoms with E-state index in [9.17, 15) is 15.3 Å². The molecule has 1 saturated heterocycles. The molecule has 1 aliphatic heterocycles. The van der Waals surface area contributed by atoms with Crippen LogP contribution in [0.4, 0.5) is 11.8 Å². The first-order valence-corrected chi connectivity index (χ1v) is 8.86. The number of aliphatic hydroxyl groups is 3. The summed E-state index contributed by atoms with van der Waals surface area (Å²) in [5.41, 5.74) is 6.67. The van der Waals surface area contributed by atoms with Crippen molar-refractivity contribution in [2.45, 2.75) is 50.7 Å². The lowest BCUT2D eigenvalue weighted by Gasteiger charge is -2.19. The molecule has 146 valence electrons. The van der Waals surface area contributed by atoms with Crippen molar-refractivity contribution >= 4 is 22.9 Å². The average Bonchev–Trinajstić information content (AvgIpc) is 3.17. The lowest BCUT2D eigenvalue weighted by atomic mass is 10.1. The number of fused-ring (bicyclic) bond motifs is 1. The Bertz CT molecular complexity index is 874. The van der Waals surface area contributed by atoms with Crippen molar-refractivity contribution < 1.29 is 20.1 Å². The van der Waals surface area contributed by atoms with E-state index in [4.69, 9.17) is 10.5 Å². The van der Waals surface area contributed by atoms with Gasteiger partial charge in [-0.15, -0.1) is 0 Å². The summed E-state index contributed by atoms with van der Waals surface area (Å²) in [6, 6.07) is 0. The molecule has 6 N–H and O–H groups in total. The van der Waals surface area contributed by atoms with E-state index < -0.39 is 31.1 Å². The molecule has 2 aromatic heterocycles. The molecule has 0 saturated carbocycles. The molecule has 0 radical (unpaired) electrons. The van der Waals surface area contributed by atoms with E-state index >= 15 is 0 Å². The first kappa shape index (κ1) is 19.3. The fraction of sp³-hybridized carbons (Fsp3) is 0.588. The Labute approximate surface area is 156 Å². The van der Waals surface area contributed by atoms with E-state index in [1.165, 1.54) is 4.57 Å². The van der Waals surface area contributed by atoms with Crippen LogP contribution in [0.5, 0.6) is 0 Å². The third-order valence-electron chi connectivity index (χ3n) is 4.42. The third-order valence-corrected chi connectivity index (χ3v) is 4.42. The van der Waals surface area contributed by atoms with Crippen LogP contribution in [0.15, 0.2) is 0 Å². The lowest BCUT2D eigenvalue weighted by Crippen LogP contribution is -2.33. The molecule has 1 aliphatic rings. The molecule has 10 heteroatoms. The molecule has 0 bridgehead atoms. The van der Waals surface area contributed by atoms with Crippen LogP contribution >= 0.6 is 0 Å². The van der Waals surface area contributed by atoms with E-state index in [0.717, 1.165) is 19.3 Å². The van der Waals surface area contributed by atoms with E-state index in [1.807, 2.05) is 0 Å². The van der Waals surface area contributed by atoms with Crippen molar-refractivity contribution in [3.05, 3.63) is 5.82 Å². The molecule has 1 fully saturated rings. The normalized spacial score (nSPS) is 24.8. The Morgan fingerprint density at radius 1 is 1.26 bits per heavy atom. The quantitative estimate of drug-likeness (QED) is 0.347. The predicted octanol–water partition coefficient (Wildman–Crippen LogP) is -0.397. The highest BCUT2D eigenvalue weighted by Gasteiger charge is 2.45. The van der Waals surface area contributed by atoms with Crippen molar-refractivity contribution in [3.8, 4) is 11.8 Å². The van der Waals surface area contributed by atoms with Gasteiger partial charge < -0.3 is 31.1 Å². The second kappa shape index (κ2) is 8.06. The largest absolute Gasteiger partial charge is 0.394 e. The zero-order chi connectivity index (χ0) is 19.6. The summed E-state index contributed by atoms with van der Waals surface area (Å²) >= 11 is 0. The molecule has 3 heterocycles. The molecular formula is C17H24N6O4. The Hall–Kier alpha value is -2.45. The Balaban J connectivity index is 2.08. The third kappa shape index (κ3) is 3.54. The maximum Gasteiger partial charge on any atom is 0.208 e. The number of rotatable bonds is 5. The molecule has 2 aromatic rings. The molecule has 4 unspecified atom stereocenters. The number of hydrogen-bond acceptors (Lipinski definition) is 9. The van der Waals surface area contributed by atoms with Crippen LogP contribution in [0, 0.1) is 11.8 Å². The molecule has 0 amide bonds. The van der Waals surface area contributed by atoms with Crippen molar-refractivity contribution in [1.82, 2.24) is 19.5 Å². The van der Waals surface area contributed by atoms with Gasteiger partial charge in [0, 0.05) is 13.5 Å². The Morgan fingerprint density at radius 3 is 2.67 bits per heavy atom. The second-order valence-electron chi connectivity index (χ2n) is 6.29. The Kier molecular flexibility index (Phi) is 5.76. The van der Waals surface area contributed by atoms with Gasteiger partial charge in [-0.1, -0.05) is 19.3 Å². The van der Waals surface area contributed by atoms with Gasteiger partial charge in [-0.25, -0.2) is 15.0 Å². The molecule has 3 rings (SSSR count). The summed E-state index contributed by atoms with van der Waals surface area (Å²) in [6.07, 6.45) is -1.68. The number of nitrogen functional groups attached to an aromatic ring is 1. The number of unbranched alkanes of at least 4 members (excludes halogenated alkanes) is 2. The number of nitrogens with one attached hydrogen (secondary N) is 1. The zero-order valence-electron chi connectivity index (χ0n) is 15.3. The van der Waals surface area contributed by atoms with Crippen LogP contribution in [-0.4, -0.2) is 66.8 Å². The van der Waals surface area contributed by atoms with Crippen molar-refractivity contribution in [3.63, 3.8) is 0 Å². The highest BCUT2D eigenvalue weighted by atomic mass is 16.6. The molecule has 0 aliphatic carbocycles. The number of nitrogens with zero attached hydrogens (tertiary/aromatic N) is 4. The van der Waals surface area contributed by atoms with Gasteiger partial charge >= 0.3 is 0 Å². The molecule has 0 spiro atoms. The fourth-order valence-corrected chi connectivity index (χ4v) is 2.97. The van der Waals surface area contributed by atoms with Gasteiger partial charge in [0.2, 0.25) is 11.8 Å². The summed E-state index contributed by atoms with van der Waals surface area (Å²) in [7, 11) is 1.65. The van der Waals surface area contributed by atoms with Crippen molar-refractivity contribution in [2.75, 3.05) is 24.7 Å². The van der Waals surface area contributed by atoms with Gasteiger partial charge in [-0.3, -0.25) is 4.57 Å². The van der Waals surface area contributed by atoms with Gasteiger partial charge in [0.25, 0.3) is 0 Å². The minimum absolute atomic E-state index is 0.154. The van der Waals surface area contributed by atoms with Crippen LogP contribution in [0.1, 0.15) is 38.2 Å². The average molecular weight is 376 g/mol. The minimum Gasteiger partial charge on any atom is -0.394 e. The second-order valence-corrected chi connectivity index (χ2v) is 6.29. The smallest absolute Gasteiger partial charge is 0.208 e. The zero-order valence-corrected chi connectivity index (χ0v) is 15.3. The van der Waals surface area contributed by atoms with Crippen LogP contribution < -0.4 is 11.1 Å². The van der Waals surface area contributed by atoms with Gasteiger partial charge in [-0.2, -0.15) is 0 Å². The first-order valence-electron chi connectivity index (χ1n) is 8.86. The number of imidazole rings is 1. The number of aliphatic hydroxyl groups excluding tert-OH is 3. The summed E-state index contributed by atoms with van der Waals surface area (Å²) in [5.74, 6) is 6.63. The van der Waals surface area contributed by atoms with Crippen molar-refractivity contribution in [1.29, 1.82) is 0 Å². The number of hydrogen-bond donors (Lipinski definition) is 5.